The van der Waals surface area contributed by atoms with Crippen molar-refractivity contribution in [2.75, 3.05) is 23.7 Å². The minimum Gasteiger partial charge on any atom is -0.356 e. The lowest BCUT2D eigenvalue weighted by molar-refractivity contribution is -0.119. The Bertz CT molecular complexity index is 753. The average Bonchev–Trinajstić information content (AvgIpc) is 3.20. The van der Waals surface area contributed by atoms with Gasteiger partial charge in [-0.25, -0.2) is 9.97 Å². The second kappa shape index (κ2) is 9.95. The number of rotatable bonds is 8. The number of hydrogen-bond acceptors (Lipinski definition) is 5. The summed E-state index contributed by atoms with van der Waals surface area (Å²) in [5, 5.41) is 4.02. The predicted octanol–water partition coefficient (Wildman–Crippen LogP) is 3.96. The van der Waals surface area contributed by atoms with Crippen LogP contribution < -0.4 is 10.2 Å². The van der Waals surface area contributed by atoms with E-state index >= 15 is 0 Å². The molecule has 1 amide bonds. The lowest BCUT2D eigenvalue weighted by atomic mass is 10.1. The number of aryl methyl sites for hydroxylation is 1. The Balaban J connectivity index is 1.45. The Kier molecular flexibility index (Phi) is 7.35. The van der Waals surface area contributed by atoms with Crippen molar-refractivity contribution in [1.82, 2.24) is 15.3 Å². The summed E-state index contributed by atoms with van der Waals surface area (Å²) in [6.07, 6.45) is 4.21. The fraction of sp³-hybridized carbons (Fsp3) is 0.450. The van der Waals surface area contributed by atoms with Gasteiger partial charge in [-0.05, 0) is 38.2 Å². The van der Waals surface area contributed by atoms with Crippen LogP contribution in [0, 0.1) is 0 Å². The summed E-state index contributed by atoms with van der Waals surface area (Å²) in [6, 6.07) is 12.2. The Morgan fingerprint density at radius 2 is 2.00 bits per heavy atom. The van der Waals surface area contributed by atoms with Crippen molar-refractivity contribution in [1.29, 1.82) is 0 Å². The van der Waals surface area contributed by atoms with Gasteiger partial charge in [0.25, 0.3) is 0 Å². The Labute approximate surface area is 169 Å². The molecule has 1 fully saturated rings. The third-order valence-corrected chi connectivity index (χ3v) is 5.58. The summed E-state index contributed by atoms with van der Waals surface area (Å²) < 4.78 is 0. The van der Waals surface area contributed by atoms with Gasteiger partial charge in [0.1, 0.15) is 11.0 Å². The summed E-state index contributed by atoms with van der Waals surface area (Å²) >= 11 is 7.46. The molecule has 1 aromatic carbocycles. The van der Waals surface area contributed by atoms with Crippen molar-refractivity contribution >= 4 is 35.1 Å². The molecule has 5 nitrogen and oxygen atoms in total. The van der Waals surface area contributed by atoms with Crippen molar-refractivity contribution in [3.63, 3.8) is 0 Å². The number of benzene rings is 1. The van der Waals surface area contributed by atoms with Crippen LogP contribution in [0.15, 0.2) is 41.6 Å². The number of aromatic nitrogens is 2. The van der Waals surface area contributed by atoms with E-state index in [0.29, 0.717) is 10.3 Å². The summed E-state index contributed by atoms with van der Waals surface area (Å²) in [4.78, 5) is 23.2. The van der Waals surface area contributed by atoms with E-state index in [1.165, 1.54) is 30.2 Å². The SMILES string of the molecule is CC(CCc1ccccc1)NC(=O)CSc1nc(Cl)cc(N2CCCC2)n1. The Hall–Kier alpha value is -1.79. The first-order chi connectivity index (χ1) is 13.1. The van der Waals surface area contributed by atoms with Crippen LogP contribution in [-0.4, -0.2) is 40.8 Å². The minimum absolute atomic E-state index is 0.00754. The number of amides is 1. The molecule has 0 radical (unpaired) electrons. The highest BCUT2D eigenvalue weighted by Crippen LogP contribution is 2.24. The van der Waals surface area contributed by atoms with E-state index in [-0.39, 0.29) is 17.7 Å². The summed E-state index contributed by atoms with van der Waals surface area (Å²) in [5.41, 5.74) is 1.29. The summed E-state index contributed by atoms with van der Waals surface area (Å²) in [6.45, 7) is 4.03. The second-order valence-corrected chi connectivity index (χ2v) is 8.14. The molecule has 1 aromatic heterocycles. The van der Waals surface area contributed by atoms with E-state index in [0.717, 1.165) is 31.7 Å². The number of carbonyl (C=O) groups is 1. The number of carbonyl (C=O) groups excluding carboxylic acids is 1. The predicted molar refractivity (Wildman–Crippen MR) is 112 cm³/mol. The Morgan fingerprint density at radius 3 is 2.74 bits per heavy atom. The van der Waals surface area contributed by atoms with Gasteiger partial charge < -0.3 is 10.2 Å². The van der Waals surface area contributed by atoms with Gasteiger partial charge in [0, 0.05) is 25.2 Å². The van der Waals surface area contributed by atoms with E-state index in [1.54, 1.807) is 6.07 Å². The van der Waals surface area contributed by atoms with Gasteiger partial charge in [-0.3, -0.25) is 4.79 Å². The van der Waals surface area contributed by atoms with Crippen LogP contribution in [0.4, 0.5) is 5.82 Å². The van der Waals surface area contributed by atoms with Crippen LogP contribution in [0.25, 0.3) is 0 Å². The zero-order valence-corrected chi connectivity index (χ0v) is 17.1. The Morgan fingerprint density at radius 1 is 1.26 bits per heavy atom. The van der Waals surface area contributed by atoms with E-state index in [2.05, 4.69) is 32.3 Å². The molecule has 1 aliphatic heterocycles. The average molecular weight is 405 g/mol. The number of nitrogens with one attached hydrogen (secondary N) is 1. The summed E-state index contributed by atoms with van der Waals surface area (Å²) in [7, 11) is 0. The molecule has 144 valence electrons. The van der Waals surface area contributed by atoms with Crippen molar-refractivity contribution in [3.05, 3.63) is 47.1 Å². The molecule has 1 unspecified atom stereocenters. The van der Waals surface area contributed by atoms with Crippen LogP contribution in [0.5, 0.6) is 0 Å². The first kappa shape index (κ1) is 20.0. The molecular formula is C20H25ClN4OS. The molecule has 2 heterocycles. The first-order valence-electron chi connectivity index (χ1n) is 9.36. The third-order valence-electron chi connectivity index (χ3n) is 4.54. The topological polar surface area (TPSA) is 58.1 Å². The van der Waals surface area contributed by atoms with Gasteiger partial charge in [0.2, 0.25) is 5.91 Å². The number of anilines is 1. The highest BCUT2D eigenvalue weighted by Gasteiger charge is 2.16. The van der Waals surface area contributed by atoms with Crippen LogP contribution >= 0.6 is 23.4 Å². The normalized spacial score (nSPS) is 15.0. The first-order valence-corrected chi connectivity index (χ1v) is 10.7. The minimum atomic E-state index is -0.00754. The van der Waals surface area contributed by atoms with Gasteiger partial charge in [-0.1, -0.05) is 53.7 Å². The van der Waals surface area contributed by atoms with Gasteiger partial charge in [-0.15, -0.1) is 0 Å². The van der Waals surface area contributed by atoms with Crippen molar-refractivity contribution in [2.45, 2.75) is 43.8 Å². The fourth-order valence-electron chi connectivity index (χ4n) is 3.10. The zero-order valence-electron chi connectivity index (χ0n) is 15.5. The van der Waals surface area contributed by atoms with Crippen molar-refractivity contribution < 1.29 is 4.79 Å². The van der Waals surface area contributed by atoms with Crippen molar-refractivity contribution in [2.24, 2.45) is 0 Å². The summed E-state index contributed by atoms with van der Waals surface area (Å²) in [5.74, 6) is 1.13. The number of halogens is 1. The standard InChI is InChI=1S/C20H25ClN4OS/c1-15(9-10-16-7-3-2-4-8-16)22-19(26)14-27-20-23-17(21)13-18(24-20)25-11-5-6-12-25/h2-4,7-8,13,15H,5-6,9-12,14H2,1H3,(H,22,26). The van der Waals surface area contributed by atoms with Crippen LogP contribution in [0.2, 0.25) is 5.15 Å². The van der Waals surface area contributed by atoms with Crippen LogP contribution in [-0.2, 0) is 11.2 Å². The number of hydrogen-bond donors (Lipinski definition) is 1. The second-order valence-electron chi connectivity index (χ2n) is 6.81. The quantitative estimate of drug-likeness (QED) is 0.410. The smallest absolute Gasteiger partial charge is 0.230 e. The maximum atomic E-state index is 12.2. The lowest BCUT2D eigenvalue weighted by Gasteiger charge is -2.17. The largest absolute Gasteiger partial charge is 0.356 e. The van der Waals surface area contributed by atoms with Crippen LogP contribution in [0.1, 0.15) is 31.7 Å². The maximum absolute atomic E-state index is 12.2. The molecular weight excluding hydrogens is 380 g/mol. The highest BCUT2D eigenvalue weighted by atomic mass is 35.5. The molecule has 1 saturated heterocycles. The lowest BCUT2D eigenvalue weighted by Crippen LogP contribution is -2.34. The molecule has 0 aliphatic carbocycles. The fourth-order valence-corrected chi connectivity index (χ4v) is 4.00. The van der Waals surface area contributed by atoms with Crippen LogP contribution in [0.3, 0.4) is 0 Å². The molecule has 1 aliphatic rings. The van der Waals surface area contributed by atoms with Crippen molar-refractivity contribution in [3.8, 4) is 0 Å². The van der Waals surface area contributed by atoms with E-state index in [4.69, 9.17) is 11.6 Å². The zero-order chi connectivity index (χ0) is 19.1. The molecule has 3 rings (SSSR count). The molecule has 0 saturated carbocycles. The van der Waals surface area contributed by atoms with Gasteiger partial charge in [-0.2, -0.15) is 0 Å². The molecule has 1 atom stereocenters. The number of thioether (sulfide) groups is 1. The molecule has 0 bridgehead atoms. The van der Waals surface area contributed by atoms with E-state index in [1.807, 2.05) is 25.1 Å². The third kappa shape index (κ3) is 6.40. The molecule has 0 spiro atoms. The highest BCUT2D eigenvalue weighted by molar-refractivity contribution is 7.99. The van der Waals surface area contributed by atoms with Gasteiger partial charge >= 0.3 is 0 Å². The molecule has 27 heavy (non-hydrogen) atoms. The van der Waals surface area contributed by atoms with Gasteiger partial charge in [0.05, 0.1) is 5.75 Å². The van der Waals surface area contributed by atoms with Gasteiger partial charge in [0.15, 0.2) is 5.16 Å². The maximum Gasteiger partial charge on any atom is 0.230 e. The number of nitrogens with zero attached hydrogens (tertiary/aromatic N) is 3. The molecule has 2 aromatic rings. The molecule has 1 N–H and O–H groups in total. The monoisotopic (exact) mass is 404 g/mol. The molecule has 7 heteroatoms. The van der Waals surface area contributed by atoms with E-state index < -0.39 is 0 Å². The van der Waals surface area contributed by atoms with E-state index in [9.17, 15) is 4.79 Å².